The average molecular weight is 1030 g/mol. The van der Waals surface area contributed by atoms with Gasteiger partial charge in [0.25, 0.3) is 0 Å². The van der Waals surface area contributed by atoms with Crippen LogP contribution in [0.5, 0.6) is 5.75 Å². The van der Waals surface area contributed by atoms with Crippen molar-refractivity contribution in [2.75, 3.05) is 0 Å². The number of benzene rings is 6. The summed E-state index contributed by atoms with van der Waals surface area (Å²) in [5, 5.41) is 12.3. The Morgan fingerprint density at radius 2 is 1.38 bits per heavy atom. The molecule has 5 heteroatoms. The zero-order valence-corrected chi connectivity index (χ0v) is 40.8. The first-order chi connectivity index (χ1) is 33.6. The van der Waals surface area contributed by atoms with Gasteiger partial charge in [-0.15, -0.1) is 29.3 Å². The van der Waals surface area contributed by atoms with Crippen LogP contribution in [0.4, 0.5) is 0 Å². The topological polar surface area (TPSA) is 50.9 Å². The van der Waals surface area contributed by atoms with Crippen LogP contribution in [0.25, 0.3) is 72.7 Å². The number of pyridine rings is 1. The first kappa shape index (κ1) is 35.7. The maximum absolute atomic E-state index is 12.3. The Hall–Kier alpha value is -5.57. The van der Waals surface area contributed by atoms with Crippen LogP contribution in [0.15, 0.2) is 127 Å². The Morgan fingerprint density at radius 1 is 0.688 bits per heavy atom. The third kappa shape index (κ3) is 9.18. The Balaban J connectivity index is 0.00000780. The first-order valence-electron chi connectivity index (χ1n) is 26.4. The van der Waals surface area contributed by atoms with Crippen LogP contribution in [0, 0.1) is 12.9 Å². The molecule has 0 amide bonds. The summed E-state index contributed by atoms with van der Waals surface area (Å²) in [6.45, 7) is 19.9. The van der Waals surface area contributed by atoms with Crippen molar-refractivity contribution in [1.82, 2.24) is 14.5 Å². The maximum atomic E-state index is 12.3. The quantitative estimate of drug-likeness (QED) is 0.139. The summed E-state index contributed by atoms with van der Waals surface area (Å²) in [5.74, 6) is -0.262. The zero-order valence-electron chi connectivity index (χ0n) is 47.6. The standard InChI is InChI=1S/C59H62N3O.Pt/c1-35(2)43-26-44(36(3)4)28-46(27-43)41-21-22-54(39(9)25-41)62-55-20-16-19-50(56(55)61-58(62)52-33-45(37(5)6)32-51(38(7)8)57(52)63)47-29-48(31-49(30-47)59(10,11)12)53-34-42(23-24-60-53)40-17-14-13-15-18-40;/h13-28,30-38,63H,1-12H3;/q-1;/i9D3,13D,14D,15D,17D,18D,35D;. The number of aryl methyl sites for hydroxylation is 1. The molecule has 0 saturated heterocycles. The Bertz CT molecular complexity index is 3410. The second-order valence-corrected chi connectivity index (χ2v) is 18.9. The number of phenols is 1. The van der Waals surface area contributed by atoms with E-state index in [1.807, 2.05) is 86.9 Å². The van der Waals surface area contributed by atoms with Gasteiger partial charge in [-0.2, -0.15) is 0 Å². The molecule has 4 nitrogen and oxygen atoms in total. The maximum Gasteiger partial charge on any atom is 0.148 e. The van der Waals surface area contributed by atoms with E-state index >= 15 is 0 Å². The van der Waals surface area contributed by atoms with Crippen LogP contribution in [0.3, 0.4) is 0 Å². The summed E-state index contributed by atoms with van der Waals surface area (Å²) >= 11 is 0. The predicted octanol–water partition coefficient (Wildman–Crippen LogP) is 16.4. The van der Waals surface area contributed by atoms with Crippen molar-refractivity contribution >= 4 is 11.0 Å². The number of hydrogen-bond donors (Lipinski definition) is 1. The van der Waals surface area contributed by atoms with Gasteiger partial charge in [0.2, 0.25) is 0 Å². The fourth-order valence-electron chi connectivity index (χ4n) is 8.13. The number of imidazole rings is 1. The van der Waals surface area contributed by atoms with Crippen molar-refractivity contribution in [2.24, 2.45) is 0 Å². The molecule has 0 atom stereocenters. The molecule has 1 N–H and O–H groups in total. The number of rotatable bonds is 10. The summed E-state index contributed by atoms with van der Waals surface area (Å²) in [5.41, 5.74) is 10.7. The summed E-state index contributed by atoms with van der Waals surface area (Å²) < 4.78 is 80.2. The molecular formula is C59H62N3OPt-. The molecule has 2 aromatic heterocycles. The fraction of sp³-hybridized carbons (Fsp3) is 0.288. The molecule has 0 spiro atoms. The SMILES string of the molecule is [2H]c1c([2H])c([2H])c(-c2ccnc(-c3[c-]c(-c4cccc5c4nc(-c4cc(C(C)C)cc(C(C)C)c4O)n5-c4ccc(-c5cc(C(C)C)cc(C([2H])(C)C)c5)cc4C([2H])([2H])[2H])cc(C(C)(C)C)c3)c2)c([2H])c1[2H].[Pt]. The largest absolute Gasteiger partial charge is 0.507 e. The second-order valence-electron chi connectivity index (χ2n) is 18.9. The molecule has 0 unspecified atom stereocenters. The van der Waals surface area contributed by atoms with Gasteiger partial charge in [0.15, 0.2) is 0 Å². The van der Waals surface area contributed by atoms with Crippen LogP contribution in [0.1, 0.15) is 146 Å². The minimum Gasteiger partial charge on any atom is -0.507 e. The number of hydrogen-bond acceptors (Lipinski definition) is 3. The Labute approximate surface area is 408 Å². The van der Waals surface area contributed by atoms with E-state index in [2.05, 4.69) is 72.7 Å². The number of phenolic OH excluding ortho intramolecular Hbond substituents is 1. The van der Waals surface area contributed by atoms with Gasteiger partial charge < -0.3 is 5.11 Å². The number of fused-ring (bicyclic) bond motifs is 1. The number of para-hydroxylation sites is 1. The average Bonchev–Trinajstić information content (AvgIpc) is 3.71. The van der Waals surface area contributed by atoms with Crippen LogP contribution < -0.4 is 0 Å². The molecule has 0 saturated carbocycles. The van der Waals surface area contributed by atoms with Crippen molar-refractivity contribution in [2.45, 2.75) is 112 Å². The molecule has 0 radical (unpaired) electrons. The van der Waals surface area contributed by atoms with Gasteiger partial charge in [0.05, 0.1) is 29.1 Å². The predicted molar refractivity (Wildman–Crippen MR) is 266 cm³/mol. The molecule has 0 aliphatic carbocycles. The molecule has 2 heterocycles. The van der Waals surface area contributed by atoms with Crippen molar-refractivity contribution in [3.05, 3.63) is 167 Å². The first-order valence-corrected chi connectivity index (χ1v) is 21.9. The monoisotopic (exact) mass is 1030 g/mol. The smallest absolute Gasteiger partial charge is 0.148 e. The molecule has 0 aliphatic heterocycles. The summed E-state index contributed by atoms with van der Waals surface area (Å²) in [7, 11) is 0. The van der Waals surface area contributed by atoms with E-state index in [0.29, 0.717) is 61.6 Å². The van der Waals surface area contributed by atoms with E-state index in [-0.39, 0.29) is 73.2 Å². The van der Waals surface area contributed by atoms with Crippen molar-refractivity contribution in [3.8, 4) is 67.5 Å². The van der Waals surface area contributed by atoms with E-state index in [1.54, 1.807) is 24.4 Å². The van der Waals surface area contributed by atoms with Gasteiger partial charge in [-0.25, -0.2) is 4.98 Å². The van der Waals surface area contributed by atoms with Crippen LogP contribution in [-0.4, -0.2) is 19.6 Å². The van der Waals surface area contributed by atoms with Crippen LogP contribution in [0.2, 0.25) is 0 Å². The molecule has 330 valence electrons. The Kier molecular flexibility index (Phi) is 10.3. The van der Waals surface area contributed by atoms with Crippen LogP contribution in [-0.2, 0) is 26.5 Å². The minimum absolute atomic E-state index is 0. The van der Waals surface area contributed by atoms with E-state index in [4.69, 9.17) is 22.3 Å². The molecule has 64 heavy (non-hydrogen) atoms. The second kappa shape index (κ2) is 18.5. The molecule has 6 aromatic carbocycles. The normalized spacial score (nSPS) is 14.3. The molecule has 0 fully saturated rings. The van der Waals surface area contributed by atoms with Gasteiger partial charge >= 0.3 is 0 Å². The van der Waals surface area contributed by atoms with Crippen molar-refractivity contribution in [1.29, 1.82) is 0 Å². The number of aromatic nitrogens is 3. The third-order valence-electron chi connectivity index (χ3n) is 12.0. The van der Waals surface area contributed by atoms with Gasteiger partial charge in [-0.1, -0.05) is 166 Å². The van der Waals surface area contributed by atoms with Crippen LogP contribution >= 0.6 is 0 Å². The number of nitrogens with zero attached hydrogens (tertiary/aromatic N) is 3. The summed E-state index contributed by atoms with van der Waals surface area (Å²) in [6.07, 6.45) is 1.56. The van der Waals surface area contributed by atoms with Crippen molar-refractivity contribution in [3.63, 3.8) is 0 Å². The van der Waals surface area contributed by atoms with Gasteiger partial charge in [-0.3, -0.25) is 9.55 Å². The van der Waals surface area contributed by atoms with Gasteiger partial charge in [0.1, 0.15) is 11.6 Å². The van der Waals surface area contributed by atoms with Gasteiger partial charge in [-0.05, 0) is 116 Å². The van der Waals surface area contributed by atoms with E-state index in [1.165, 1.54) is 0 Å². The molecule has 0 bridgehead atoms. The molecule has 8 rings (SSSR count). The van der Waals surface area contributed by atoms with E-state index in [0.717, 1.165) is 33.4 Å². The fourth-order valence-corrected chi connectivity index (χ4v) is 8.13. The minimum atomic E-state index is -2.60. The third-order valence-corrected chi connectivity index (χ3v) is 12.0. The Morgan fingerprint density at radius 3 is 2.05 bits per heavy atom. The van der Waals surface area contributed by atoms with E-state index < -0.39 is 30.9 Å². The molecular weight excluding hydrogens is 962 g/mol. The summed E-state index contributed by atoms with van der Waals surface area (Å²) in [6, 6.07) is 30.4. The molecule has 8 aromatic rings. The van der Waals surface area contributed by atoms with E-state index in [9.17, 15) is 5.11 Å². The zero-order chi connectivity index (χ0) is 52.7. The molecule has 0 aliphatic rings. The number of aromatic hydroxyl groups is 1. The van der Waals surface area contributed by atoms with Crippen molar-refractivity contribution < 1.29 is 38.5 Å². The summed E-state index contributed by atoms with van der Waals surface area (Å²) in [4.78, 5) is 10.2. The van der Waals surface area contributed by atoms with Gasteiger partial charge in [0, 0.05) is 38.4 Å².